The maximum Gasteiger partial charge on any atom is 0.193 e. The molecule has 0 fully saturated rings. The second-order valence-corrected chi connectivity index (χ2v) is 5.73. The Morgan fingerprint density at radius 1 is 0.900 bits per heavy atom. The van der Waals surface area contributed by atoms with E-state index in [0.29, 0.717) is 21.9 Å². The number of carbonyl (C=O) groups is 1. The Morgan fingerprint density at radius 3 is 2.40 bits per heavy atom. The van der Waals surface area contributed by atoms with Gasteiger partial charge in [-0.25, -0.2) is 4.39 Å². The SMILES string of the molecule is O=C(c1cccc(I)c1)c1ccc(F)c2ccccc12. The first-order chi connectivity index (χ1) is 9.66. The molecule has 3 rings (SSSR count). The summed E-state index contributed by atoms with van der Waals surface area (Å²) in [5.41, 5.74) is 1.15. The van der Waals surface area contributed by atoms with Gasteiger partial charge in [0.2, 0.25) is 0 Å². The smallest absolute Gasteiger partial charge is 0.193 e. The first-order valence-corrected chi connectivity index (χ1v) is 7.22. The molecule has 0 aromatic heterocycles. The molecule has 3 heteroatoms. The van der Waals surface area contributed by atoms with Crippen molar-refractivity contribution < 1.29 is 9.18 Å². The van der Waals surface area contributed by atoms with E-state index in [-0.39, 0.29) is 11.6 Å². The summed E-state index contributed by atoms with van der Waals surface area (Å²) >= 11 is 2.17. The second-order valence-electron chi connectivity index (χ2n) is 4.48. The van der Waals surface area contributed by atoms with Crippen LogP contribution in [-0.2, 0) is 0 Å². The van der Waals surface area contributed by atoms with Gasteiger partial charge in [0.1, 0.15) is 5.82 Å². The highest BCUT2D eigenvalue weighted by Crippen LogP contribution is 2.24. The Morgan fingerprint density at radius 2 is 1.65 bits per heavy atom. The quantitative estimate of drug-likeness (QED) is 0.463. The fourth-order valence-corrected chi connectivity index (χ4v) is 2.79. The van der Waals surface area contributed by atoms with Crippen LogP contribution in [0.25, 0.3) is 10.8 Å². The Kier molecular flexibility index (Phi) is 3.53. The summed E-state index contributed by atoms with van der Waals surface area (Å²) in [5, 5.41) is 1.13. The fourth-order valence-electron chi connectivity index (χ4n) is 2.25. The van der Waals surface area contributed by atoms with E-state index >= 15 is 0 Å². The third-order valence-corrected chi connectivity index (χ3v) is 3.87. The molecule has 0 aliphatic carbocycles. The minimum absolute atomic E-state index is 0.0836. The lowest BCUT2D eigenvalue weighted by Gasteiger charge is -2.07. The number of ketones is 1. The Bertz CT molecular complexity index is 811. The van der Waals surface area contributed by atoms with Crippen molar-refractivity contribution in [3.63, 3.8) is 0 Å². The average molecular weight is 376 g/mol. The predicted molar refractivity (Wildman–Crippen MR) is 86.5 cm³/mol. The van der Waals surface area contributed by atoms with Crippen molar-refractivity contribution in [1.29, 1.82) is 0 Å². The number of benzene rings is 3. The van der Waals surface area contributed by atoms with E-state index in [1.165, 1.54) is 6.07 Å². The largest absolute Gasteiger partial charge is 0.289 e. The van der Waals surface area contributed by atoms with E-state index in [9.17, 15) is 9.18 Å². The van der Waals surface area contributed by atoms with Gasteiger partial charge < -0.3 is 0 Å². The number of halogens is 2. The van der Waals surface area contributed by atoms with Gasteiger partial charge in [-0.05, 0) is 52.2 Å². The molecule has 0 radical (unpaired) electrons. The van der Waals surface area contributed by atoms with Crippen molar-refractivity contribution in [2.24, 2.45) is 0 Å². The topological polar surface area (TPSA) is 17.1 Å². The molecule has 0 N–H and O–H groups in total. The monoisotopic (exact) mass is 376 g/mol. The standard InChI is InChI=1S/C17H10FIO/c18-16-9-8-15(13-6-1-2-7-14(13)16)17(20)11-4-3-5-12(19)10-11/h1-10H. The maximum absolute atomic E-state index is 13.8. The molecule has 0 aliphatic heterocycles. The molecule has 0 aliphatic rings. The first-order valence-electron chi connectivity index (χ1n) is 6.14. The molecular formula is C17H10FIO. The van der Waals surface area contributed by atoms with Crippen LogP contribution in [0.5, 0.6) is 0 Å². The van der Waals surface area contributed by atoms with E-state index in [1.807, 2.05) is 24.3 Å². The third-order valence-electron chi connectivity index (χ3n) is 3.20. The van der Waals surface area contributed by atoms with Gasteiger partial charge in [0, 0.05) is 20.1 Å². The van der Waals surface area contributed by atoms with Crippen molar-refractivity contribution >= 4 is 39.1 Å². The summed E-state index contributed by atoms with van der Waals surface area (Å²) in [6.07, 6.45) is 0. The van der Waals surface area contributed by atoms with Crippen molar-refractivity contribution in [3.8, 4) is 0 Å². The maximum atomic E-state index is 13.8. The zero-order valence-corrected chi connectivity index (χ0v) is 12.6. The van der Waals surface area contributed by atoms with Gasteiger partial charge >= 0.3 is 0 Å². The highest BCUT2D eigenvalue weighted by atomic mass is 127. The van der Waals surface area contributed by atoms with Gasteiger partial charge in [0.25, 0.3) is 0 Å². The van der Waals surface area contributed by atoms with Gasteiger partial charge in [-0.1, -0.05) is 36.4 Å². The van der Waals surface area contributed by atoms with Crippen molar-refractivity contribution in [2.45, 2.75) is 0 Å². The lowest BCUT2D eigenvalue weighted by molar-refractivity contribution is 0.104. The summed E-state index contributed by atoms with van der Waals surface area (Å²) in [6, 6.07) is 17.3. The van der Waals surface area contributed by atoms with E-state index in [1.54, 1.807) is 30.3 Å². The minimum Gasteiger partial charge on any atom is -0.289 e. The van der Waals surface area contributed by atoms with Crippen LogP contribution in [0.2, 0.25) is 0 Å². The zero-order valence-electron chi connectivity index (χ0n) is 10.4. The second kappa shape index (κ2) is 5.32. The number of hydrogen-bond donors (Lipinski definition) is 0. The summed E-state index contributed by atoms with van der Waals surface area (Å²) < 4.78 is 14.8. The summed E-state index contributed by atoms with van der Waals surface area (Å²) in [5.74, 6) is -0.389. The van der Waals surface area contributed by atoms with Crippen molar-refractivity contribution in [3.05, 3.63) is 81.2 Å². The van der Waals surface area contributed by atoms with Gasteiger partial charge in [0.05, 0.1) is 0 Å². The first kappa shape index (κ1) is 13.2. The van der Waals surface area contributed by atoms with Crippen LogP contribution in [0.3, 0.4) is 0 Å². The molecule has 0 unspecified atom stereocenters. The Hall–Kier alpha value is -1.75. The molecule has 0 atom stereocenters. The molecule has 0 heterocycles. The molecule has 0 spiro atoms. The van der Waals surface area contributed by atoms with Crippen LogP contribution in [0.4, 0.5) is 4.39 Å². The predicted octanol–water partition coefficient (Wildman–Crippen LogP) is 4.81. The number of rotatable bonds is 2. The van der Waals surface area contributed by atoms with Crippen LogP contribution in [0.1, 0.15) is 15.9 Å². The van der Waals surface area contributed by atoms with Crippen LogP contribution in [0.15, 0.2) is 60.7 Å². The van der Waals surface area contributed by atoms with E-state index < -0.39 is 0 Å². The molecule has 1 nitrogen and oxygen atoms in total. The average Bonchev–Trinajstić information content (AvgIpc) is 2.47. The Labute approximate surface area is 129 Å². The lowest BCUT2D eigenvalue weighted by Crippen LogP contribution is -2.03. The van der Waals surface area contributed by atoms with Crippen molar-refractivity contribution in [1.82, 2.24) is 0 Å². The molecule has 3 aromatic rings. The fraction of sp³-hybridized carbons (Fsp3) is 0. The van der Waals surface area contributed by atoms with Gasteiger partial charge in [-0.15, -0.1) is 0 Å². The molecular weight excluding hydrogens is 366 g/mol. The van der Waals surface area contributed by atoms with E-state index in [0.717, 1.165) is 3.57 Å². The molecule has 3 aromatic carbocycles. The van der Waals surface area contributed by atoms with Crippen LogP contribution in [0, 0.1) is 9.39 Å². The summed E-state index contributed by atoms with van der Waals surface area (Å²) in [6.45, 7) is 0. The zero-order chi connectivity index (χ0) is 14.1. The Balaban J connectivity index is 2.20. The summed E-state index contributed by atoms with van der Waals surface area (Å²) in [4.78, 5) is 12.6. The normalized spacial score (nSPS) is 10.7. The molecule has 20 heavy (non-hydrogen) atoms. The van der Waals surface area contributed by atoms with Gasteiger partial charge in [-0.2, -0.15) is 0 Å². The molecule has 0 bridgehead atoms. The minimum atomic E-state index is -0.306. The lowest BCUT2D eigenvalue weighted by atomic mass is 9.97. The number of fused-ring (bicyclic) bond motifs is 1. The summed E-state index contributed by atoms with van der Waals surface area (Å²) in [7, 11) is 0. The van der Waals surface area contributed by atoms with Gasteiger partial charge in [-0.3, -0.25) is 4.79 Å². The van der Waals surface area contributed by atoms with Crippen molar-refractivity contribution in [2.75, 3.05) is 0 Å². The van der Waals surface area contributed by atoms with E-state index in [4.69, 9.17) is 0 Å². The number of carbonyl (C=O) groups excluding carboxylic acids is 1. The molecule has 0 saturated heterocycles. The molecule has 0 saturated carbocycles. The van der Waals surface area contributed by atoms with Crippen LogP contribution in [-0.4, -0.2) is 5.78 Å². The molecule has 0 amide bonds. The van der Waals surface area contributed by atoms with Crippen LogP contribution < -0.4 is 0 Å². The third kappa shape index (κ3) is 2.33. The highest BCUT2D eigenvalue weighted by Gasteiger charge is 2.14. The highest BCUT2D eigenvalue weighted by molar-refractivity contribution is 14.1. The number of hydrogen-bond acceptors (Lipinski definition) is 1. The van der Waals surface area contributed by atoms with Crippen LogP contribution >= 0.6 is 22.6 Å². The van der Waals surface area contributed by atoms with Gasteiger partial charge in [0.15, 0.2) is 5.78 Å². The molecule has 98 valence electrons. The van der Waals surface area contributed by atoms with E-state index in [2.05, 4.69) is 22.6 Å².